The molecule has 5 rings (SSSR count). The van der Waals surface area contributed by atoms with Crippen molar-refractivity contribution in [2.75, 3.05) is 12.4 Å². The fourth-order valence-electron chi connectivity index (χ4n) is 5.86. The van der Waals surface area contributed by atoms with Crippen LogP contribution in [0, 0.1) is 0 Å². The van der Waals surface area contributed by atoms with Crippen LogP contribution in [0.15, 0.2) is 66.9 Å². The lowest BCUT2D eigenvalue weighted by molar-refractivity contribution is -0.114. The van der Waals surface area contributed by atoms with E-state index in [-0.39, 0.29) is 23.6 Å². The van der Waals surface area contributed by atoms with Gasteiger partial charge in [-0.3, -0.25) is 9.78 Å². The standard InChI is InChI=1S/C23H23N3O.C11H21NO2/c1-16(27)26-20-14-21(17-6-3-2-4-7-17)22(25-15-20)18-8-10-19(11-9-18)23(24)12-5-13-23;1-9(2)12(11(13)14-3)10-7-5-4-6-8-10/h2-4,6-11,14-15H,5,12-13,24H2,1H3,(H,26,27);9-10H,4-8H2,1-3H3. The first kappa shape index (κ1) is 30.3. The zero-order chi connectivity index (χ0) is 29.4. The van der Waals surface area contributed by atoms with Gasteiger partial charge in [-0.1, -0.05) is 73.9 Å². The van der Waals surface area contributed by atoms with E-state index in [2.05, 4.69) is 46.7 Å². The first-order valence-electron chi connectivity index (χ1n) is 14.8. The average Bonchev–Trinajstić information content (AvgIpc) is 2.97. The number of nitrogens with two attached hydrogens (primary N) is 1. The number of anilines is 1. The summed E-state index contributed by atoms with van der Waals surface area (Å²) in [5.41, 5.74) is 12.1. The van der Waals surface area contributed by atoms with Crippen molar-refractivity contribution in [3.63, 3.8) is 0 Å². The van der Waals surface area contributed by atoms with Crippen molar-refractivity contribution < 1.29 is 14.3 Å². The molecule has 2 aliphatic carbocycles. The molecule has 1 aromatic heterocycles. The first-order chi connectivity index (χ1) is 19.7. The smallest absolute Gasteiger partial charge is 0.409 e. The molecule has 0 atom stereocenters. The van der Waals surface area contributed by atoms with E-state index in [0.717, 1.165) is 48.1 Å². The third kappa shape index (κ3) is 7.53. The summed E-state index contributed by atoms with van der Waals surface area (Å²) >= 11 is 0. The van der Waals surface area contributed by atoms with E-state index in [1.54, 1.807) is 6.20 Å². The molecule has 3 aromatic rings. The minimum atomic E-state index is -0.174. The van der Waals surface area contributed by atoms with Gasteiger partial charge in [0.05, 0.1) is 24.7 Å². The SMILES string of the molecule is CC(=O)Nc1cnc(-c2ccc(C3(N)CCC3)cc2)c(-c2ccccc2)c1.COC(=O)N(C(C)C)C1CCCCC1. The third-order valence-corrected chi connectivity index (χ3v) is 8.18. The number of ether oxygens (including phenoxy) is 1. The Labute approximate surface area is 244 Å². The summed E-state index contributed by atoms with van der Waals surface area (Å²) in [5, 5.41) is 2.82. The number of benzene rings is 2. The van der Waals surface area contributed by atoms with Gasteiger partial charge in [0.1, 0.15) is 0 Å². The Kier molecular flexibility index (Phi) is 10.2. The van der Waals surface area contributed by atoms with E-state index in [0.29, 0.717) is 11.7 Å². The molecular formula is C34H44N4O3. The molecule has 0 saturated heterocycles. The second kappa shape index (κ2) is 13.8. The minimum absolute atomic E-state index is 0.110. The van der Waals surface area contributed by atoms with Crippen LogP contribution in [0.5, 0.6) is 0 Å². The highest BCUT2D eigenvalue weighted by molar-refractivity contribution is 5.91. The van der Waals surface area contributed by atoms with E-state index in [9.17, 15) is 9.59 Å². The highest BCUT2D eigenvalue weighted by Gasteiger charge is 2.34. The van der Waals surface area contributed by atoms with E-state index in [4.69, 9.17) is 10.5 Å². The van der Waals surface area contributed by atoms with Crippen LogP contribution in [-0.4, -0.2) is 41.1 Å². The summed E-state index contributed by atoms with van der Waals surface area (Å²) < 4.78 is 4.81. The van der Waals surface area contributed by atoms with Crippen LogP contribution in [-0.2, 0) is 15.1 Å². The Morgan fingerprint density at radius 1 is 0.976 bits per heavy atom. The predicted molar refractivity (Wildman–Crippen MR) is 165 cm³/mol. The molecule has 0 spiro atoms. The maximum absolute atomic E-state index is 11.6. The van der Waals surface area contributed by atoms with Gasteiger partial charge in [-0.2, -0.15) is 0 Å². The number of amides is 2. The fourth-order valence-corrected chi connectivity index (χ4v) is 5.86. The number of pyridine rings is 1. The summed E-state index contributed by atoms with van der Waals surface area (Å²) in [6, 6.07) is 21.1. The Balaban J connectivity index is 0.000000234. The zero-order valence-electron chi connectivity index (χ0n) is 24.9. The van der Waals surface area contributed by atoms with Crippen LogP contribution in [0.3, 0.4) is 0 Å². The molecule has 0 radical (unpaired) electrons. The Bertz CT molecular complexity index is 1300. The molecule has 7 nitrogen and oxygen atoms in total. The van der Waals surface area contributed by atoms with Crippen LogP contribution >= 0.6 is 0 Å². The number of nitrogens with one attached hydrogen (secondary N) is 1. The van der Waals surface area contributed by atoms with Crippen molar-refractivity contribution in [1.29, 1.82) is 0 Å². The maximum Gasteiger partial charge on any atom is 0.409 e. The molecule has 0 bridgehead atoms. The lowest BCUT2D eigenvalue weighted by Gasteiger charge is -2.38. The van der Waals surface area contributed by atoms with Crippen LogP contribution in [0.4, 0.5) is 10.5 Å². The van der Waals surface area contributed by atoms with Crippen molar-refractivity contribution in [2.45, 2.75) is 89.8 Å². The van der Waals surface area contributed by atoms with E-state index < -0.39 is 0 Å². The predicted octanol–water partition coefficient (Wildman–Crippen LogP) is 7.51. The monoisotopic (exact) mass is 556 g/mol. The van der Waals surface area contributed by atoms with Crippen LogP contribution in [0.1, 0.15) is 77.7 Å². The van der Waals surface area contributed by atoms with Gasteiger partial charge in [-0.05, 0) is 63.1 Å². The summed E-state index contributed by atoms with van der Waals surface area (Å²) in [5.74, 6) is -0.110. The number of carbonyl (C=O) groups is 2. The van der Waals surface area contributed by atoms with Crippen molar-refractivity contribution >= 4 is 17.7 Å². The van der Waals surface area contributed by atoms with Gasteiger partial charge in [-0.25, -0.2) is 4.79 Å². The van der Waals surface area contributed by atoms with Gasteiger partial charge in [-0.15, -0.1) is 0 Å². The highest BCUT2D eigenvalue weighted by atomic mass is 16.5. The number of methoxy groups -OCH3 is 1. The number of hydrogen-bond acceptors (Lipinski definition) is 5. The van der Waals surface area contributed by atoms with Crippen LogP contribution < -0.4 is 11.1 Å². The Morgan fingerprint density at radius 2 is 1.63 bits per heavy atom. The summed E-state index contributed by atoms with van der Waals surface area (Å²) in [4.78, 5) is 29.5. The molecule has 1 heterocycles. The van der Waals surface area contributed by atoms with E-state index in [1.165, 1.54) is 45.3 Å². The molecule has 0 unspecified atom stereocenters. The zero-order valence-corrected chi connectivity index (χ0v) is 24.9. The van der Waals surface area contributed by atoms with E-state index in [1.807, 2.05) is 43.0 Å². The van der Waals surface area contributed by atoms with Crippen molar-refractivity contribution in [3.05, 3.63) is 72.4 Å². The molecule has 2 aliphatic rings. The van der Waals surface area contributed by atoms with Gasteiger partial charge >= 0.3 is 6.09 Å². The van der Waals surface area contributed by atoms with Crippen LogP contribution in [0.25, 0.3) is 22.4 Å². The topological polar surface area (TPSA) is 97.5 Å². The summed E-state index contributed by atoms with van der Waals surface area (Å²) in [6.07, 6.45) is 10.9. The highest BCUT2D eigenvalue weighted by Crippen LogP contribution is 2.40. The maximum atomic E-state index is 11.6. The quantitative estimate of drug-likeness (QED) is 0.327. The third-order valence-electron chi connectivity index (χ3n) is 8.18. The van der Waals surface area contributed by atoms with E-state index >= 15 is 0 Å². The van der Waals surface area contributed by atoms with Gasteiger partial charge in [0.25, 0.3) is 0 Å². The molecule has 2 saturated carbocycles. The van der Waals surface area contributed by atoms with Gasteiger partial charge in [0, 0.05) is 35.7 Å². The van der Waals surface area contributed by atoms with Gasteiger partial charge < -0.3 is 20.7 Å². The van der Waals surface area contributed by atoms with Gasteiger partial charge in [0.15, 0.2) is 0 Å². The summed E-state index contributed by atoms with van der Waals surface area (Å²) in [7, 11) is 1.46. The second-order valence-corrected chi connectivity index (χ2v) is 11.5. The molecule has 41 heavy (non-hydrogen) atoms. The Hall–Kier alpha value is -3.71. The minimum Gasteiger partial charge on any atom is -0.453 e. The van der Waals surface area contributed by atoms with Crippen molar-refractivity contribution in [3.8, 4) is 22.4 Å². The molecule has 0 aliphatic heterocycles. The molecule has 2 amide bonds. The number of carbonyl (C=O) groups excluding carboxylic acids is 2. The normalized spacial score (nSPS) is 16.1. The first-order valence-corrected chi connectivity index (χ1v) is 14.8. The lowest BCUT2D eigenvalue weighted by atomic mass is 9.72. The van der Waals surface area contributed by atoms with Crippen molar-refractivity contribution in [2.24, 2.45) is 5.73 Å². The number of aromatic nitrogens is 1. The molecule has 3 N–H and O–H groups in total. The summed E-state index contributed by atoms with van der Waals surface area (Å²) in [6.45, 7) is 5.59. The number of nitrogens with zero attached hydrogens (tertiary/aromatic N) is 2. The molecule has 7 heteroatoms. The lowest BCUT2D eigenvalue weighted by Crippen LogP contribution is -2.45. The van der Waals surface area contributed by atoms with Crippen molar-refractivity contribution in [1.82, 2.24) is 9.88 Å². The molecule has 2 fully saturated rings. The average molecular weight is 557 g/mol. The van der Waals surface area contributed by atoms with Crippen LogP contribution in [0.2, 0.25) is 0 Å². The van der Waals surface area contributed by atoms with Gasteiger partial charge in [0.2, 0.25) is 5.91 Å². The Morgan fingerprint density at radius 3 is 2.17 bits per heavy atom. The fraction of sp³-hybridized carbons (Fsp3) is 0.441. The number of rotatable bonds is 6. The molecule has 218 valence electrons. The molecule has 2 aromatic carbocycles. The second-order valence-electron chi connectivity index (χ2n) is 11.5. The molecular weight excluding hydrogens is 512 g/mol. The largest absolute Gasteiger partial charge is 0.453 e. The number of hydrogen-bond donors (Lipinski definition) is 2.